The first-order chi connectivity index (χ1) is 4.41. The van der Waals surface area contributed by atoms with Crippen LogP contribution in [0.5, 0.6) is 0 Å². The van der Waals surface area contributed by atoms with Gasteiger partial charge >= 0.3 is 0 Å². The van der Waals surface area contributed by atoms with E-state index in [0.717, 1.165) is 12.8 Å². The second-order valence-electron chi connectivity index (χ2n) is 1.72. The summed E-state index contributed by atoms with van der Waals surface area (Å²) in [4.78, 5) is 3.69. The molecule has 0 aliphatic rings. The van der Waals surface area contributed by atoms with Gasteiger partial charge in [-0.1, -0.05) is 0 Å². The Labute approximate surface area is 60.0 Å². The molecule has 0 saturated carbocycles. The zero-order valence-corrected chi connectivity index (χ0v) is 6.09. The topological polar surface area (TPSA) is 12.4 Å². The van der Waals surface area contributed by atoms with Gasteiger partial charge in [0.05, 0.1) is 11.8 Å². The number of rotatable bonds is 5. The van der Waals surface area contributed by atoms with Crippen LogP contribution in [-0.4, -0.2) is 18.4 Å². The number of nitrogens with zero attached hydrogens (tertiary/aromatic N) is 1. The van der Waals surface area contributed by atoms with Gasteiger partial charge in [0.25, 0.3) is 0 Å². The molecule has 0 amide bonds. The van der Waals surface area contributed by atoms with Gasteiger partial charge in [-0.3, -0.25) is 4.39 Å². The van der Waals surface area contributed by atoms with Crippen molar-refractivity contribution in [3.63, 3.8) is 0 Å². The first-order valence-corrected chi connectivity index (χ1v) is 3.42. The van der Waals surface area contributed by atoms with Crippen LogP contribution < -0.4 is 0 Å². The lowest BCUT2D eigenvalue weighted by molar-refractivity contribution is 0.458. The molecule has 0 heterocycles. The van der Waals surface area contributed by atoms with E-state index in [1.165, 1.54) is 0 Å². The average molecular weight is 147 g/mol. The third kappa shape index (κ3) is 7.73. The van der Waals surface area contributed by atoms with E-state index in [1.807, 2.05) is 0 Å². The number of thiocarbonyl (C=S) groups is 1. The Morgan fingerprint density at radius 1 is 1.33 bits per heavy atom. The lowest BCUT2D eigenvalue weighted by atomic mass is 10.2. The molecule has 0 radical (unpaired) electrons. The molecule has 0 aromatic carbocycles. The number of aliphatic imine (C=N–C) groups is 1. The van der Waals surface area contributed by atoms with E-state index in [4.69, 9.17) is 0 Å². The van der Waals surface area contributed by atoms with Gasteiger partial charge < -0.3 is 0 Å². The van der Waals surface area contributed by atoms with Crippen molar-refractivity contribution in [2.45, 2.75) is 19.3 Å². The summed E-state index contributed by atoms with van der Waals surface area (Å²) in [6.07, 6.45) is 2.47. The first-order valence-electron chi connectivity index (χ1n) is 3.01. The molecule has 0 saturated heterocycles. The van der Waals surface area contributed by atoms with Gasteiger partial charge in [-0.25, -0.2) is 4.99 Å². The number of isothiocyanates is 1. The highest BCUT2D eigenvalue weighted by Crippen LogP contribution is 1.94. The number of alkyl halides is 1. The standard InChI is InChI=1S/C6H10FNS/c7-4-2-1-3-5-8-6-9/h1-5H2. The monoisotopic (exact) mass is 147 g/mol. The summed E-state index contributed by atoms with van der Waals surface area (Å²) in [5, 5.41) is 2.26. The van der Waals surface area contributed by atoms with Crippen molar-refractivity contribution in [3.8, 4) is 0 Å². The van der Waals surface area contributed by atoms with E-state index in [9.17, 15) is 4.39 Å². The Balaban J connectivity index is 2.82. The summed E-state index contributed by atoms with van der Waals surface area (Å²) >= 11 is 4.34. The van der Waals surface area contributed by atoms with E-state index >= 15 is 0 Å². The molecular formula is C6H10FNS. The van der Waals surface area contributed by atoms with Gasteiger partial charge in [0, 0.05) is 6.54 Å². The molecule has 0 spiro atoms. The summed E-state index contributed by atoms with van der Waals surface area (Å²) in [7, 11) is 0. The third-order valence-electron chi connectivity index (χ3n) is 0.968. The summed E-state index contributed by atoms with van der Waals surface area (Å²) in [5.41, 5.74) is 0. The van der Waals surface area contributed by atoms with Crippen LogP contribution in [-0.2, 0) is 0 Å². The molecule has 0 N–H and O–H groups in total. The number of unbranched alkanes of at least 4 members (excludes halogenated alkanes) is 2. The maximum Gasteiger partial charge on any atom is 0.0894 e. The fourth-order valence-electron chi connectivity index (χ4n) is 0.508. The van der Waals surface area contributed by atoms with Crippen LogP contribution in [0.2, 0.25) is 0 Å². The molecule has 0 aromatic heterocycles. The summed E-state index contributed by atoms with van der Waals surface area (Å²) in [6.45, 7) is 0.477. The molecule has 1 nitrogen and oxygen atoms in total. The van der Waals surface area contributed by atoms with E-state index in [-0.39, 0.29) is 6.67 Å². The third-order valence-corrected chi connectivity index (χ3v) is 1.10. The van der Waals surface area contributed by atoms with Crippen molar-refractivity contribution in [3.05, 3.63) is 0 Å². The Morgan fingerprint density at radius 3 is 2.67 bits per heavy atom. The normalized spacial score (nSPS) is 8.56. The van der Waals surface area contributed by atoms with Gasteiger partial charge in [0.2, 0.25) is 0 Å². The van der Waals surface area contributed by atoms with Gasteiger partial charge in [0.15, 0.2) is 0 Å². The van der Waals surface area contributed by atoms with Gasteiger partial charge in [-0.2, -0.15) is 0 Å². The summed E-state index contributed by atoms with van der Waals surface area (Å²) < 4.78 is 11.4. The zero-order valence-electron chi connectivity index (χ0n) is 5.27. The average Bonchev–Trinajstić information content (AvgIpc) is 1.89. The minimum atomic E-state index is -0.221. The maximum atomic E-state index is 11.4. The van der Waals surface area contributed by atoms with Crippen LogP contribution in [0.25, 0.3) is 0 Å². The van der Waals surface area contributed by atoms with E-state index in [0.29, 0.717) is 13.0 Å². The van der Waals surface area contributed by atoms with Crippen molar-refractivity contribution in [2.75, 3.05) is 13.2 Å². The van der Waals surface area contributed by atoms with Crippen LogP contribution in [0.3, 0.4) is 0 Å². The van der Waals surface area contributed by atoms with Crippen molar-refractivity contribution in [1.82, 2.24) is 0 Å². The minimum absolute atomic E-state index is 0.221. The maximum absolute atomic E-state index is 11.4. The van der Waals surface area contributed by atoms with E-state index in [2.05, 4.69) is 22.4 Å². The molecule has 0 fully saturated rings. The Morgan fingerprint density at radius 2 is 2.11 bits per heavy atom. The molecule has 0 rings (SSSR count). The zero-order chi connectivity index (χ0) is 6.95. The smallest absolute Gasteiger partial charge is 0.0894 e. The second-order valence-corrected chi connectivity index (χ2v) is 1.91. The Bertz CT molecular complexity index is 99.2. The summed E-state index contributed by atoms with van der Waals surface area (Å²) in [6, 6.07) is 0. The molecular weight excluding hydrogens is 137 g/mol. The van der Waals surface area contributed by atoms with Crippen molar-refractivity contribution in [2.24, 2.45) is 4.99 Å². The molecule has 0 aliphatic heterocycles. The van der Waals surface area contributed by atoms with Crippen molar-refractivity contribution >= 4 is 17.4 Å². The van der Waals surface area contributed by atoms with Crippen LogP contribution in [0.15, 0.2) is 4.99 Å². The highest BCUT2D eigenvalue weighted by atomic mass is 32.1. The predicted octanol–water partition coefficient (Wildman–Crippen LogP) is 2.23. The van der Waals surface area contributed by atoms with Gasteiger partial charge in [-0.05, 0) is 31.5 Å². The minimum Gasteiger partial charge on any atom is -0.251 e. The second kappa shape index (κ2) is 7.73. The predicted molar refractivity (Wildman–Crippen MR) is 39.7 cm³/mol. The SMILES string of the molecule is FCCCCCN=C=S. The van der Waals surface area contributed by atoms with Crippen LogP contribution in [0, 0.1) is 0 Å². The van der Waals surface area contributed by atoms with Crippen molar-refractivity contribution in [1.29, 1.82) is 0 Å². The fraction of sp³-hybridized carbons (Fsp3) is 0.833. The van der Waals surface area contributed by atoms with Crippen LogP contribution in [0.4, 0.5) is 4.39 Å². The molecule has 3 heteroatoms. The molecule has 9 heavy (non-hydrogen) atoms. The lowest BCUT2D eigenvalue weighted by Crippen LogP contribution is -1.81. The Kier molecular flexibility index (Phi) is 7.50. The highest BCUT2D eigenvalue weighted by Gasteiger charge is 1.84. The first kappa shape index (κ1) is 8.73. The molecule has 0 unspecified atom stereocenters. The molecule has 52 valence electrons. The number of hydrogen-bond donors (Lipinski definition) is 0. The molecule has 0 aliphatic carbocycles. The Hall–Kier alpha value is -0.270. The van der Waals surface area contributed by atoms with Gasteiger partial charge in [-0.15, -0.1) is 0 Å². The van der Waals surface area contributed by atoms with Gasteiger partial charge in [0.1, 0.15) is 0 Å². The molecule has 0 aromatic rings. The van der Waals surface area contributed by atoms with E-state index in [1.54, 1.807) is 0 Å². The van der Waals surface area contributed by atoms with Crippen LogP contribution in [0.1, 0.15) is 19.3 Å². The number of halogens is 1. The quantitative estimate of drug-likeness (QED) is 0.330. The highest BCUT2D eigenvalue weighted by molar-refractivity contribution is 7.78. The van der Waals surface area contributed by atoms with Crippen molar-refractivity contribution < 1.29 is 4.39 Å². The van der Waals surface area contributed by atoms with Crippen LogP contribution >= 0.6 is 12.2 Å². The molecule has 0 atom stereocenters. The summed E-state index contributed by atoms with van der Waals surface area (Å²) in [5.74, 6) is 0. The molecule has 0 bridgehead atoms. The van der Waals surface area contributed by atoms with E-state index < -0.39 is 0 Å². The largest absolute Gasteiger partial charge is 0.251 e. The number of hydrogen-bond acceptors (Lipinski definition) is 2. The fourth-order valence-corrected chi connectivity index (χ4v) is 0.599. The lowest BCUT2D eigenvalue weighted by Gasteiger charge is -1.89.